The Labute approximate surface area is 439 Å². The van der Waals surface area contributed by atoms with Crippen molar-refractivity contribution in [1.29, 1.82) is 0 Å². The van der Waals surface area contributed by atoms with E-state index in [-0.39, 0.29) is 17.1 Å². The number of carbonyl (C=O) groups is 4. The molecule has 0 aliphatic heterocycles. The molecule has 0 fully saturated rings. The average molecular weight is 1030 g/mol. The number of hydrogen-bond acceptors (Lipinski definition) is 12. The quantitative estimate of drug-likeness (QED) is 0.0631. The SMILES string of the molecule is CCCC[NH+](CCCC)CCCC.CCCC[NH+](CCCC)CCCC.CC[NH+](CC)CC.C[NH2+]C.O=C(O)c1ncccc1[O-].O=C([O-])c1ccccn1.O=C([O-])c1ccccn1.O=C([O-])c1ccccn1. The number of quaternary nitrogens is 4. The van der Waals surface area contributed by atoms with Crippen LogP contribution in [0.5, 0.6) is 5.75 Å². The lowest BCUT2D eigenvalue weighted by Crippen LogP contribution is -3.12. The highest BCUT2D eigenvalue weighted by Gasteiger charge is 2.07. The summed E-state index contributed by atoms with van der Waals surface area (Å²) in [4.78, 5) is 59.5. The van der Waals surface area contributed by atoms with E-state index in [0.29, 0.717) is 0 Å². The van der Waals surface area contributed by atoms with E-state index >= 15 is 0 Å². The van der Waals surface area contributed by atoms with Crippen molar-refractivity contribution in [3.63, 3.8) is 0 Å². The molecule has 0 spiro atoms. The summed E-state index contributed by atoms with van der Waals surface area (Å²) in [5.74, 6) is -5.57. The van der Waals surface area contributed by atoms with Crippen molar-refractivity contribution in [2.45, 2.75) is 139 Å². The number of rotatable bonds is 25. The number of nitrogens with two attached hydrogens (primary N) is 1. The number of hydrogen-bond donors (Lipinski definition) is 5. The molecule has 0 aliphatic rings. The Morgan fingerprint density at radius 1 is 0.438 bits per heavy atom. The van der Waals surface area contributed by atoms with Gasteiger partial charge in [-0.3, -0.25) is 15.0 Å². The molecule has 0 saturated carbocycles. The lowest BCUT2D eigenvalue weighted by Gasteiger charge is -2.18. The highest BCUT2D eigenvalue weighted by molar-refractivity contribution is 5.88. The highest BCUT2D eigenvalue weighted by atomic mass is 16.4. The first-order valence-electron chi connectivity index (χ1n) is 26.6. The highest BCUT2D eigenvalue weighted by Crippen LogP contribution is 2.07. The summed E-state index contributed by atoms with van der Waals surface area (Å²) in [6, 6.07) is 16.4. The predicted molar refractivity (Wildman–Crippen MR) is 283 cm³/mol. The van der Waals surface area contributed by atoms with E-state index in [4.69, 9.17) is 5.11 Å². The molecule has 73 heavy (non-hydrogen) atoms. The summed E-state index contributed by atoms with van der Waals surface area (Å²) in [5, 5.41) is 51.0. The van der Waals surface area contributed by atoms with Gasteiger partial charge in [-0.15, -0.1) is 0 Å². The third-order valence-corrected chi connectivity index (χ3v) is 10.4. The van der Waals surface area contributed by atoms with Crippen LogP contribution in [0.1, 0.15) is 181 Å². The van der Waals surface area contributed by atoms with Gasteiger partial charge in [0, 0.05) is 24.8 Å². The van der Waals surface area contributed by atoms with Gasteiger partial charge in [0.25, 0.3) is 0 Å². The Hall–Kier alpha value is -5.88. The zero-order chi connectivity index (χ0) is 55.9. The van der Waals surface area contributed by atoms with E-state index in [0.717, 1.165) is 6.07 Å². The molecule has 4 heterocycles. The molecule has 0 radical (unpaired) electrons. The fourth-order valence-corrected chi connectivity index (χ4v) is 6.06. The van der Waals surface area contributed by atoms with Crippen LogP contribution in [0.25, 0.3) is 0 Å². The molecule has 0 amide bonds. The van der Waals surface area contributed by atoms with Crippen LogP contribution in [0.15, 0.2) is 91.5 Å². The fraction of sp³-hybridized carbons (Fsp3) is 0.571. The number of carbonyl (C=O) groups excluding carboxylic acids is 3. The van der Waals surface area contributed by atoms with Crippen molar-refractivity contribution in [2.75, 3.05) is 73.0 Å². The standard InChI is InChI=1S/2C12H27N.C6H5NO3.3C6H5NO2.C6H15N.C2H7N/c2*1-4-7-10-13(11-8-5-2)12-9-6-3;8-4-2-1-3-7-5(4)6(9)10;3*8-6(9)5-3-1-2-4-7-5;1-4-7(5-2)6-3;1-3-2/h2*4-12H2,1-3H3;1-3,8H,(H,9,10);3*1-4H,(H,8,9);4-6H2,1-3H3;3H,1-2H3. The molecule has 0 atom stereocenters. The first kappa shape index (κ1) is 73.7. The van der Waals surface area contributed by atoms with E-state index in [1.54, 1.807) is 41.3 Å². The summed E-state index contributed by atoms with van der Waals surface area (Å²) in [6.45, 7) is 32.6. The van der Waals surface area contributed by atoms with Crippen LogP contribution < -0.4 is 40.4 Å². The number of carboxylic acid groups (broad SMARTS) is 4. The largest absolute Gasteiger partial charge is 0.871 e. The Bertz CT molecular complexity index is 1640. The molecule has 4 rings (SSSR count). The average Bonchev–Trinajstić information content (AvgIpc) is 3.41. The number of pyridine rings is 4. The van der Waals surface area contributed by atoms with Crippen molar-refractivity contribution in [2.24, 2.45) is 0 Å². The lowest BCUT2D eigenvalue weighted by atomic mass is 10.2. The van der Waals surface area contributed by atoms with Crippen LogP contribution in [0.4, 0.5) is 0 Å². The zero-order valence-corrected chi connectivity index (χ0v) is 46.6. The van der Waals surface area contributed by atoms with Crippen LogP contribution in [0, 0.1) is 0 Å². The maximum absolute atomic E-state index is 10.6. The van der Waals surface area contributed by atoms with Crippen LogP contribution in [-0.2, 0) is 0 Å². The molecule has 414 valence electrons. The second-order valence-electron chi connectivity index (χ2n) is 16.7. The Kier molecular flexibility index (Phi) is 55.9. The van der Waals surface area contributed by atoms with Gasteiger partial charge in [-0.25, -0.2) is 9.78 Å². The van der Waals surface area contributed by atoms with Crippen molar-refractivity contribution in [1.82, 2.24) is 19.9 Å². The van der Waals surface area contributed by atoms with Crippen LogP contribution in [0.2, 0.25) is 0 Å². The summed E-state index contributed by atoms with van der Waals surface area (Å²) in [7, 11) is 4.00. The fourth-order valence-electron chi connectivity index (χ4n) is 6.06. The van der Waals surface area contributed by atoms with E-state index < -0.39 is 35.3 Å². The minimum absolute atomic E-state index is 0.0301. The van der Waals surface area contributed by atoms with Crippen LogP contribution in [-0.4, -0.2) is 122 Å². The van der Waals surface area contributed by atoms with E-state index in [1.807, 2.05) is 29.2 Å². The molecule has 4 aromatic heterocycles. The minimum Gasteiger partial charge on any atom is -0.871 e. The Morgan fingerprint density at radius 3 is 0.836 bits per heavy atom. The van der Waals surface area contributed by atoms with Crippen molar-refractivity contribution in [3.8, 4) is 5.75 Å². The molecule has 17 nitrogen and oxygen atoms in total. The third-order valence-electron chi connectivity index (χ3n) is 10.4. The summed E-state index contributed by atoms with van der Waals surface area (Å²) >= 11 is 0. The first-order chi connectivity index (χ1) is 35.1. The number of nitrogens with one attached hydrogen (secondary N) is 3. The molecule has 0 saturated heterocycles. The molecule has 0 unspecified atom stereocenters. The number of nitrogens with zero attached hydrogens (tertiary/aromatic N) is 4. The van der Waals surface area contributed by atoms with Crippen LogP contribution in [0.3, 0.4) is 0 Å². The van der Waals surface area contributed by atoms with E-state index in [1.165, 1.54) is 185 Å². The van der Waals surface area contributed by atoms with Gasteiger partial charge in [0.15, 0.2) is 0 Å². The predicted octanol–water partition coefficient (Wildman–Crippen LogP) is 1.47. The maximum Gasteiger partial charge on any atom is 0.353 e. The second kappa shape index (κ2) is 55.4. The van der Waals surface area contributed by atoms with Crippen molar-refractivity contribution >= 4 is 23.9 Å². The van der Waals surface area contributed by atoms with Gasteiger partial charge < -0.3 is 59.9 Å². The van der Waals surface area contributed by atoms with Gasteiger partial charge in [0.1, 0.15) is 5.69 Å². The van der Waals surface area contributed by atoms with E-state index in [2.05, 4.69) is 82.2 Å². The molecular weight excluding hydrogens is 929 g/mol. The summed E-state index contributed by atoms with van der Waals surface area (Å²) < 4.78 is 0. The maximum atomic E-state index is 10.6. The lowest BCUT2D eigenvalue weighted by molar-refractivity contribution is -0.900. The van der Waals surface area contributed by atoms with Gasteiger partial charge in [-0.2, -0.15) is 0 Å². The van der Waals surface area contributed by atoms with Crippen LogP contribution >= 0.6 is 0 Å². The van der Waals surface area contributed by atoms with Gasteiger partial charge >= 0.3 is 5.97 Å². The number of carboxylic acids is 4. The number of unbranched alkanes of at least 4 members (excludes halogenated alkanes) is 6. The minimum atomic E-state index is -1.29. The monoisotopic (exact) mass is 1020 g/mol. The molecule has 6 N–H and O–H groups in total. The number of aromatic carboxylic acids is 4. The molecular formula is C56H96N8O9. The number of aromatic nitrogens is 4. The van der Waals surface area contributed by atoms with E-state index in [9.17, 15) is 39.6 Å². The molecule has 0 aromatic carbocycles. The Morgan fingerprint density at radius 2 is 0.699 bits per heavy atom. The molecule has 4 aromatic rings. The van der Waals surface area contributed by atoms with Gasteiger partial charge in [0.2, 0.25) is 0 Å². The summed E-state index contributed by atoms with van der Waals surface area (Å²) in [5.41, 5.74) is -0.519. The first-order valence-corrected chi connectivity index (χ1v) is 26.6. The second-order valence-corrected chi connectivity index (χ2v) is 16.7. The molecule has 0 aliphatic carbocycles. The smallest absolute Gasteiger partial charge is 0.353 e. The van der Waals surface area contributed by atoms with Gasteiger partial charge in [-0.1, -0.05) is 110 Å². The molecule has 0 bridgehead atoms. The van der Waals surface area contributed by atoms with Gasteiger partial charge in [-0.05, 0) is 102 Å². The molecule has 17 heteroatoms. The Balaban J connectivity index is -0.000000380. The van der Waals surface area contributed by atoms with Crippen molar-refractivity contribution in [3.05, 3.63) is 114 Å². The topological polar surface area (TPSA) is 262 Å². The third kappa shape index (κ3) is 48.2. The zero-order valence-electron chi connectivity index (χ0n) is 46.6. The summed E-state index contributed by atoms with van der Waals surface area (Å²) in [6.07, 6.45) is 22.0. The normalized spacial score (nSPS) is 9.73. The van der Waals surface area contributed by atoms with Gasteiger partial charge in [0.05, 0.1) is 108 Å². The van der Waals surface area contributed by atoms with Crippen molar-refractivity contribution < 1.29 is 64.7 Å².